The number of anilines is 1. The number of hydrogen-bond acceptors (Lipinski definition) is 11. The van der Waals surface area contributed by atoms with E-state index in [1.807, 2.05) is 99.0 Å². The number of amides is 3. The monoisotopic (exact) mass is 895 g/mol. The number of pyridine rings is 2. The molecule has 5 atom stereocenters. The van der Waals surface area contributed by atoms with Crippen molar-refractivity contribution in [3.05, 3.63) is 84.6 Å². The molecule has 0 unspecified atom stereocenters. The fraction of sp³-hybridized carbons (Fsp3) is 0.460. The Hall–Kier alpha value is -6.55. The quantitative estimate of drug-likeness (QED) is 0.125. The molecule has 0 bridgehead atoms. The van der Waals surface area contributed by atoms with Crippen LogP contribution in [0.15, 0.2) is 73.3 Å². The lowest BCUT2D eigenvalue weighted by atomic mass is 10.0. The van der Waals surface area contributed by atoms with Gasteiger partial charge in [-0.15, -0.1) is 0 Å². The van der Waals surface area contributed by atoms with E-state index in [9.17, 15) is 14.4 Å². The van der Waals surface area contributed by atoms with Gasteiger partial charge in [0.15, 0.2) is 0 Å². The molecule has 11 rings (SSSR count). The number of fused-ring (bicyclic) bond motifs is 2. The van der Waals surface area contributed by atoms with Gasteiger partial charge < -0.3 is 43.2 Å². The lowest BCUT2D eigenvalue weighted by Gasteiger charge is -2.26. The second kappa shape index (κ2) is 18.0. The highest BCUT2D eigenvalue weighted by atomic mass is 16.5. The van der Waals surface area contributed by atoms with Gasteiger partial charge in [0.2, 0.25) is 23.6 Å². The van der Waals surface area contributed by atoms with E-state index in [1.54, 1.807) is 12.0 Å². The number of nitrogens with zero attached hydrogens (tertiary/aromatic N) is 8. The predicted molar refractivity (Wildman–Crippen MR) is 247 cm³/mol. The van der Waals surface area contributed by atoms with Crippen LogP contribution in [-0.4, -0.2) is 104 Å². The molecule has 16 nitrogen and oxygen atoms in total. The Morgan fingerprint density at radius 2 is 1.39 bits per heavy atom. The molecular formula is C50H57N9O7. The number of carbonyl (C=O) groups is 3. The molecule has 3 saturated heterocycles. The third-order valence-corrected chi connectivity index (χ3v) is 13.7. The van der Waals surface area contributed by atoms with Crippen LogP contribution in [0.2, 0.25) is 0 Å². The second-order valence-corrected chi connectivity index (χ2v) is 18.4. The fourth-order valence-electron chi connectivity index (χ4n) is 9.36. The summed E-state index contributed by atoms with van der Waals surface area (Å²) < 4.78 is 27.7. The van der Waals surface area contributed by atoms with E-state index in [0.717, 1.165) is 68.9 Å². The normalized spacial score (nSPS) is 21.1. The average molecular weight is 896 g/mol. The van der Waals surface area contributed by atoms with Crippen molar-refractivity contribution in [2.24, 2.45) is 11.8 Å². The van der Waals surface area contributed by atoms with Crippen molar-refractivity contribution < 1.29 is 33.3 Å². The molecule has 0 radical (unpaired) electrons. The van der Waals surface area contributed by atoms with Crippen molar-refractivity contribution in [3.63, 3.8) is 0 Å². The van der Waals surface area contributed by atoms with Crippen molar-refractivity contribution in [2.75, 3.05) is 44.9 Å². The van der Waals surface area contributed by atoms with Gasteiger partial charge in [0.1, 0.15) is 35.6 Å². The van der Waals surface area contributed by atoms with Crippen molar-refractivity contribution in [3.8, 4) is 28.8 Å². The van der Waals surface area contributed by atoms with Gasteiger partial charge in [0.05, 0.1) is 49.1 Å². The molecule has 5 aliphatic rings. The first-order chi connectivity index (χ1) is 32.0. The van der Waals surface area contributed by atoms with E-state index in [-0.39, 0.29) is 54.4 Å². The molecule has 5 fully saturated rings. The molecule has 16 heteroatoms. The van der Waals surface area contributed by atoms with E-state index in [2.05, 4.69) is 31.3 Å². The summed E-state index contributed by atoms with van der Waals surface area (Å²) in [5.74, 6) is 2.41. The summed E-state index contributed by atoms with van der Waals surface area (Å²) in [7, 11) is 1.66. The van der Waals surface area contributed by atoms with Gasteiger partial charge in [-0.05, 0) is 95.3 Å². The third-order valence-electron chi connectivity index (χ3n) is 13.7. The maximum atomic E-state index is 12.9. The van der Waals surface area contributed by atoms with E-state index in [1.165, 1.54) is 12.8 Å². The van der Waals surface area contributed by atoms with Crippen LogP contribution in [0.5, 0.6) is 17.5 Å². The van der Waals surface area contributed by atoms with Gasteiger partial charge in [-0.25, -0.2) is 19.9 Å². The minimum absolute atomic E-state index is 0.00528. The van der Waals surface area contributed by atoms with Gasteiger partial charge >= 0.3 is 0 Å². The second-order valence-electron chi connectivity index (χ2n) is 18.4. The molecule has 6 aromatic rings. The number of aryl methyl sites for hydroxylation is 1. The summed E-state index contributed by atoms with van der Waals surface area (Å²) in [6, 6.07) is 20.7. The maximum absolute atomic E-state index is 12.9. The number of morpholine rings is 1. The van der Waals surface area contributed by atoms with Gasteiger partial charge in [-0.2, -0.15) is 0 Å². The molecule has 3 aliphatic heterocycles. The van der Waals surface area contributed by atoms with Gasteiger partial charge in [-0.3, -0.25) is 14.4 Å². The van der Waals surface area contributed by atoms with Crippen molar-refractivity contribution in [2.45, 2.75) is 96.6 Å². The summed E-state index contributed by atoms with van der Waals surface area (Å²) in [6.45, 7) is 10.6. The number of carbonyl (C=O) groups excluding carboxylic acids is 3. The SMILES string of the molecule is COc1ccc([C@@H](C)N2C[C@H]([C@@H](C)Oc3nc(C)cc4ncn(C5CC5)c34)CC2=O)cc1.C[C@@H](Oc1nc(-c2ccc(N3CCOCC3=O)cc2)cc2ncn(C3CC3)c12)[C@H]1CNC(=O)C1. The summed E-state index contributed by atoms with van der Waals surface area (Å²) in [5.41, 5.74) is 8.15. The van der Waals surface area contributed by atoms with Crippen LogP contribution in [-0.2, 0) is 19.1 Å². The van der Waals surface area contributed by atoms with E-state index < -0.39 is 0 Å². The predicted octanol–water partition coefficient (Wildman–Crippen LogP) is 7.16. The Bertz CT molecular complexity index is 2760. The summed E-state index contributed by atoms with van der Waals surface area (Å²) in [4.78, 5) is 59.3. The Balaban J connectivity index is 0.000000155. The van der Waals surface area contributed by atoms with E-state index in [0.29, 0.717) is 62.9 Å². The van der Waals surface area contributed by atoms with Crippen molar-refractivity contribution >= 4 is 45.5 Å². The number of imidazole rings is 2. The van der Waals surface area contributed by atoms with Crippen LogP contribution in [0.3, 0.4) is 0 Å². The highest BCUT2D eigenvalue weighted by Gasteiger charge is 2.38. The molecule has 2 aromatic carbocycles. The number of methoxy groups -OCH3 is 1. The minimum atomic E-state index is -0.165. The summed E-state index contributed by atoms with van der Waals surface area (Å²) >= 11 is 0. The zero-order chi connectivity index (χ0) is 45.6. The molecule has 344 valence electrons. The van der Waals surface area contributed by atoms with Gasteiger partial charge in [-0.1, -0.05) is 24.3 Å². The maximum Gasteiger partial charge on any atom is 0.253 e. The summed E-state index contributed by atoms with van der Waals surface area (Å²) in [6.07, 6.45) is 9.03. The highest BCUT2D eigenvalue weighted by Crippen LogP contribution is 2.42. The van der Waals surface area contributed by atoms with Crippen LogP contribution >= 0.6 is 0 Å². The molecule has 2 saturated carbocycles. The van der Waals surface area contributed by atoms with Crippen LogP contribution < -0.4 is 24.4 Å². The Labute approximate surface area is 383 Å². The number of nitrogens with one attached hydrogen (secondary N) is 1. The Morgan fingerprint density at radius 1 is 0.758 bits per heavy atom. The molecule has 2 aliphatic carbocycles. The lowest BCUT2D eigenvalue weighted by Crippen LogP contribution is -2.41. The summed E-state index contributed by atoms with van der Waals surface area (Å²) in [5, 5.41) is 2.89. The highest BCUT2D eigenvalue weighted by molar-refractivity contribution is 5.95. The van der Waals surface area contributed by atoms with Crippen molar-refractivity contribution in [1.29, 1.82) is 0 Å². The molecule has 7 heterocycles. The number of rotatable bonds is 13. The molecular weight excluding hydrogens is 839 g/mol. The van der Waals surface area contributed by atoms with Crippen molar-refractivity contribution in [1.82, 2.24) is 39.3 Å². The van der Waals surface area contributed by atoms with E-state index in [4.69, 9.17) is 28.9 Å². The number of ether oxygens (including phenoxy) is 4. The number of hydrogen-bond donors (Lipinski definition) is 1. The van der Waals surface area contributed by atoms with Gasteiger partial charge in [0, 0.05) is 73.3 Å². The zero-order valence-corrected chi connectivity index (χ0v) is 38.2. The standard InChI is InChI=1S/C25H27N5O4.C25H30N4O3/c1-15(17-10-22(31)26-12-17)34-25-24-21(27-14-30(24)19-6-7-19)11-20(28-25)16-2-4-18(5-3-16)29-8-9-33-13-23(29)32;1-15-11-22-24(29(14-26-22)20-7-8-20)25(27-15)32-17(3)19-12-23(30)28(13-19)16(2)18-5-9-21(31-4)10-6-18/h2-5,11,14-15,17,19H,6-10,12-13H2,1H3,(H,26,31);5-6,9-11,14,16-17,19-20H,7-8,12-13H2,1-4H3/t15-,17-;16-,17-,19-/m11/s1. The van der Waals surface area contributed by atoms with Crippen LogP contribution in [0.1, 0.15) is 88.7 Å². The number of aromatic nitrogens is 6. The minimum Gasteiger partial charge on any atom is -0.497 e. The van der Waals surface area contributed by atoms with Crippen LogP contribution in [0.4, 0.5) is 5.69 Å². The molecule has 3 amide bonds. The zero-order valence-electron chi connectivity index (χ0n) is 38.2. The smallest absolute Gasteiger partial charge is 0.253 e. The number of benzene rings is 2. The van der Waals surface area contributed by atoms with E-state index >= 15 is 0 Å². The first-order valence-electron chi connectivity index (χ1n) is 23.2. The van der Waals surface area contributed by atoms with Crippen LogP contribution in [0, 0.1) is 18.8 Å². The first-order valence-corrected chi connectivity index (χ1v) is 23.2. The average Bonchev–Trinajstić information content (AvgIpc) is 4.17. The Morgan fingerprint density at radius 3 is 2.00 bits per heavy atom. The lowest BCUT2D eigenvalue weighted by molar-refractivity contribution is -0.129. The van der Waals surface area contributed by atoms with Crippen LogP contribution in [0.25, 0.3) is 33.3 Å². The fourth-order valence-corrected chi connectivity index (χ4v) is 9.36. The largest absolute Gasteiger partial charge is 0.497 e. The third kappa shape index (κ3) is 8.90. The molecule has 66 heavy (non-hydrogen) atoms. The Kier molecular flexibility index (Phi) is 11.8. The molecule has 0 spiro atoms. The first kappa shape index (κ1) is 43.3. The van der Waals surface area contributed by atoms with Gasteiger partial charge in [0.25, 0.3) is 5.91 Å². The topological polar surface area (TPSA) is 168 Å². The molecule has 4 aromatic heterocycles. The number of likely N-dealkylation sites (tertiary alicyclic amines) is 1. The molecule has 1 N–H and O–H groups in total.